The lowest BCUT2D eigenvalue weighted by Crippen LogP contribution is -2.50. The maximum atomic E-state index is 13.9. The van der Waals surface area contributed by atoms with Gasteiger partial charge in [-0.1, -0.05) is 12.1 Å². The molecule has 1 heterocycles. The van der Waals surface area contributed by atoms with Gasteiger partial charge in [-0.15, -0.1) is 0 Å². The number of Topliss-reactive ketones (excluding diaryl/α,β-unsaturated/α-hetero) is 1. The lowest BCUT2D eigenvalue weighted by atomic mass is 10.1. The van der Waals surface area contributed by atoms with Gasteiger partial charge in [0.15, 0.2) is 23.9 Å². The zero-order valence-electron chi connectivity index (χ0n) is 16.0. The standard InChI is InChI=1S/C21H23FN2O4/c1-15(25)16-7-8-19(20(13-16)27-2)28-14-21(26)24-11-9-23(10-12-24)18-6-4-3-5-17(18)22/h3-8,13H,9-12,14H2,1-2H3. The third-order valence-electron chi connectivity index (χ3n) is 4.75. The van der Waals surface area contributed by atoms with E-state index >= 15 is 0 Å². The first kappa shape index (κ1) is 19.7. The van der Waals surface area contributed by atoms with Crippen molar-refractivity contribution in [3.05, 3.63) is 53.8 Å². The lowest BCUT2D eigenvalue weighted by molar-refractivity contribution is -0.133. The van der Waals surface area contributed by atoms with Gasteiger partial charge in [-0.3, -0.25) is 9.59 Å². The summed E-state index contributed by atoms with van der Waals surface area (Å²) in [5.41, 5.74) is 1.07. The molecule has 2 aromatic carbocycles. The number of ether oxygens (including phenoxy) is 2. The minimum Gasteiger partial charge on any atom is -0.493 e. The topological polar surface area (TPSA) is 59.1 Å². The average molecular weight is 386 g/mol. The van der Waals surface area contributed by atoms with E-state index in [-0.39, 0.29) is 24.1 Å². The zero-order chi connectivity index (χ0) is 20.1. The summed E-state index contributed by atoms with van der Waals surface area (Å²) in [7, 11) is 1.48. The van der Waals surface area contributed by atoms with Crippen LogP contribution in [0.5, 0.6) is 11.5 Å². The van der Waals surface area contributed by atoms with Crippen molar-refractivity contribution in [3.63, 3.8) is 0 Å². The van der Waals surface area contributed by atoms with Gasteiger partial charge in [0.2, 0.25) is 0 Å². The van der Waals surface area contributed by atoms with Crippen molar-refractivity contribution in [3.8, 4) is 11.5 Å². The molecule has 2 aromatic rings. The van der Waals surface area contributed by atoms with E-state index in [1.165, 1.54) is 20.1 Å². The Morgan fingerprint density at radius 1 is 1.04 bits per heavy atom. The maximum Gasteiger partial charge on any atom is 0.260 e. The summed E-state index contributed by atoms with van der Waals surface area (Å²) >= 11 is 0. The highest BCUT2D eigenvalue weighted by atomic mass is 19.1. The number of halogens is 1. The van der Waals surface area contributed by atoms with Crippen molar-refractivity contribution in [2.24, 2.45) is 0 Å². The van der Waals surface area contributed by atoms with Crippen LogP contribution in [0.2, 0.25) is 0 Å². The molecule has 7 heteroatoms. The third kappa shape index (κ3) is 4.42. The van der Waals surface area contributed by atoms with E-state index in [1.807, 2.05) is 4.90 Å². The second-order valence-electron chi connectivity index (χ2n) is 6.53. The number of rotatable bonds is 6. The molecule has 0 N–H and O–H groups in total. The molecule has 0 saturated carbocycles. The monoisotopic (exact) mass is 386 g/mol. The summed E-state index contributed by atoms with van der Waals surface area (Å²) in [6.45, 7) is 3.45. The van der Waals surface area contributed by atoms with E-state index in [1.54, 1.807) is 41.3 Å². The average Bonchev–Trinajstić information content (AvgIpc) is 2.72. The van der Waals surface area contributed by atoms with E-state index in [2.05, 4.69) is 0 Å². The van der Waals surface area contributed by atoms with Gasteiger partial charge in [0.05, 0.1) is 12.8 Å². The number of ketones is 1. The number of carbonyl (C=O) groups excluding carboxylic acids is 2. The summed E-state index contributed by atoms with van der Waals surface area (Å²) in [6, 6.07) is 11.5. The molecule has 1 aliphatic rings. The first-order valence-electron chi connectivity index (χ1n) is 9.08. The Morgan fingerprint density at radius 3 is 2.39 bits per heavy atom. The van der Waals surface area contributed by atoms with Crippen molar-refractivity contribution < 1.29 is 23.5 Å². The summed E-state index contributed by atoms with van der Waals surface area (Å²) in [4.78, 5) is 27.6. The molecule has 0 bridgehead atoms. The fourth-order valence-electron chi connectivity index (χ4n) is 3.14. The molecule has 148 valence electrons. The molecule has 0 atom stereocenters. The maximum absolute atomic E-state index is 13.9. The number of para-hydroxylation sites is 1. The quantitative estimate of drug-likeness (QED) is 0.715. The molecule has 1 amide bonds. The van der Waals surface area contributed by atoms with Crippen LogP contribution in [-0.4, -0.2) is 56.5 Å². The summed E-state index contributed by atoms with van der Waals surface area (Å²) in [5.74, 6) is 0.335. The van der Waals surface area contributed by atoms with Crippen LogP contribution < -0.4 is 14.4 Å². The van der Waals surface area contributed by atoms with Gasteiger partial charge in [0.25, 0.3) is 5.91 Å². The first-order chi connectivity index (χ1) is 13.5. The molecule has 0 unspecified atom stereocenters. The molecule has 3 rings (SSSR count). The van der Waals surface area contributed by atoms with Crippen molar-refractivity contribution >= 4 is 17.4 Å². The van der Waals surface area contributed by atoms with Crippen molar-refractivity contribution in [2.75, 3.05) is 44.8 Å². The summed E-state index contributed by atoms with van der Waals surface area (Å²) < 4.78 is 24.8. The van der Waals surface area contributed by atoms with Gasteiger partial charge in [-0.05, 0) is 37.3 Å². The Hall–Kier alpha value is -3.09. The first-order valence-corrected chi connectivity index (χ1v) is 9.08. The highest BCUT2D eigenvalue weighted by Gasteiger charge is 2.23. The van der Waals surface area contributed by atoms with Crippen LogP contribution in [0.4, 0.5) is 10.1 Å². The molecule has 0 radical (unpaired) electrons. The van der Waals surface area contributed by atoms with Gasteiger partial charge in [-0.25, -0.2) is 4.39 Å². The summed E-state index contributed by atoms with van der Waals surface area (Å²) in [6.07, 6.45) is 0. The van der Waals surface area contributed by atoms with Gasteiger partial charge in [0.1, 0.15) is 5.82 Å². The number of carbonyl (C=O) groups is 2. The molecule has 0 aliphatic carbocycles. The number of amides is 1. The number of hydrogen-bond donors (Lipinski definition) is 0. The second kappa shape index (κ2) is 8.73. The fraction of sp³-hybridized carbons (Fsp3) is 0.333. The van der Waals surface area contributed by atoms with Crippen LogP contribution in [0.25, 0.3) is 0 Å². The van der Waals surface area contributed by atoms with E-state index in [0.717, 1.165) is 0 Å². The molecule has 1 aliphatic heterocycles. The highest BCUT2D eigenvalue weighted by Crippen LogP contribution is 2.28. The van der Waals surface area contributed by atoms with Gasteiger partial charge < -0.3 is 19.3 Å². The van der Waals surface area contributed by atoms with Crippen molar-refractivity contribution in [1.29, 1.82) is 0 Å². The number of piperazine rings is 1. The minimum absolute atomic E-state index is 0.0753. The Labute approximate surface area is 163 Å². The van der Waals surface area contributed by atoms with E-state index in [9.17, 15) is 14.0 Å². The van der Waals surface area contributed by atoms with Crippen LogP contribution in [0.15, 0.2) is 42.5 Å². The number of anilines is 1. The van der Waals surface area contributed by atoms with Crippen molar-refractivity contribution in [1.82, 2.24) is 4.90 Å². The van der Waals surface area contributed by atoms with E-state index < -0.39 is 0 Å². The number of nitrogens with zero attached hydrogens (tertiary/aromatic N) is 2. The summed E-state index contributed by atoms with van der Waals surface area (Å²) in [5, 5.41) is 0. The van der Waals surface area contributed by atoms with Crippen LogP contribution in [0.1, 0.15) is 17.3 Å². The lowest BCUT2D eigenvalue weighted by Gasteiger charge is -2.36. The Morgan fingerprint density at radius 2 is 1.75 bits per heavy atom. The Bertz CT molecular complexity index is 863. The predicted octanol–water partition coefficient (Wildman–Crippen LogP) is 2.76. The largest absolute Gasteiger partial charge is 0.493 e. The second-order valence-corrected chi connectivity index (χ2v) is 6.53. The normalized spacial score (nSPS) is 14.0. The van der Waals surface area contributed by atoms with Gasteiger partial charge >= 0.3 is 0 Å². The van der Waals surface area contributed by atoms with Crippen LogP contribution in [-0.2, 0) is 4.79 Å². The molecular weight excluding hydrogens is 363 g/mol. The molecule has 28 heavy (non-hydrogen) atoms. The molecule has 6 nitrogen and oxygen atoms in total. The van der Waals surface area contributed by atoms with Gasteiger partial charge in [-0.2, -0.15) is 0 Å². The van der Waals surface area contributed by atoms with E-state index in [4.69, 9.17) is 9.47 Å². The van der Waals surface area contributed by atoms with Crippen LogP contribution >= 0.6 is 0 Å². The van der Waals surface area contributed by atoms with Crippen LogP contribution in [0.3, 0.4) is 0 Å². The molecule has 0 aromatic heterocycles. The molecule has 1 saturated heterocycles. The third-order valence-corrected chi connectivity index (χ3v) is 4.75. The van der Waals surface area contributed by atoms with E-state index in [0.29, 0.717) is 48.9 Å². The highest BCUT2D eigenvalue weighted by molar-refractivity contribution is 5.94. The van der Waals surface area contributed by atoms with Crippen molar-refractivity contribution in [2.45, 2.75) is 6.92 Å². The zero-order valence-corrected chi connectivity index (χ0v) is 16.0. The molecule has 1 fully saturated rings. The Kier molecular flexibility index (Phi) is 6.13. The molecule has 0 spiro atoms. The minimum atomic E-state index is -0.258. The number of hydrogen-bond acceptors (Lipinski definition) is 5. The van der Waals surface area contributed by atoms with Crippen LogP contribution in [0, 0.1) is 5.82 Å². The smallest absolute Gasteiger partial charge is 0.260 e. The fourth-order valence-corrected chi connectivity index (χ4v) is 3.14. The van der Waals surface area contributed by atoms with Gasteiger partial charge in [0, 0.05) is 31.7 Å². The number of methoxy groups -OCH3 is 1. The SMILES string of the molecule is COc1cc(C(C)=O)ccc1OCC(=O)N1CCN(c2ccccc2F)CC1. The molecular formula is C21H23FN2O4. The Balaban J connectivity index is 1.55. The predicted molar refractivity (Wildman–Crippen MR) is 104 cm³/mol. The number of benzene rings is 2.